The first kappa shape index (κ1) is 18.3. The van der Waals surface area contributed by atoms with Crippen molar-refractivity contribution in [3.8, 4) is 0 Å². The standard InChI is InChI=1S/2C4H3ClO4/c2*5-2(4(8)9)1-3(6)7/h2*1H,(H,6,7)(H,8,9)/b2*2-1+. The van der Waals surface area contributed by atoms with E-state index >= 15 is 0 Å². The largest absolute Gasteiger partial charge is 0.478 e. The van der Waals surface area contributed by atoms with Gasteiger partial charge in [0, 0.05) is 12.2 Å². The van der Waals surface area contributed by atoms with Gasteiger partial charge < -0.3 is 20.4 Å². The van der Waals surface area contributed by atoms with Crippen LogP contribution >= 0.6 is 23.2 Å². The topological polar surface area (TPSA) is 149 Å². The molecule has 0 saturated heterocycles. The molecule has 0 saturated carbocycles. The summed E-state index contributed by atoms with van der Waals surface area (Å²) < 4.78 is 0. The Hall–Kier alpha value is -2.06. The normalized spacial score (nSPS) is 11.0. The first-order valence-corrected chi connectivity index (χ1v) is 4.50. The molecule has 8 nitrogen and oxygen atoms in total. The average molecular weight is 301 g/mol. The Balaban J connectivity index is 0. The second-order valence-corrected chi connectivity index (χ2v) is 3.09. The molecule has 18 heavy (non-hydrogen) atoms. The molecular formula is C8H6Cl2O8. The average Bonchev–Trinajstić information content (AvgIpc) is 2.16. The lowest BCUT2D eigenvalue weighted by Gasteiger charge is -1.83. The molecule has 0 aromatic heterocycles. The van der Waals surface area contributed by atoms with E-state index < -0.39 is 33.9 Å². The molecule has 0 aliphatic rings. The summed E-state index contributed by atoms with van der Waals surface area (Å²) in [4.78, 5) is 38.9. The molecule has 0 fully saturated rings. The first-order chi connectivity index (χ1) is 8.07. The van der Waals surface area contributed by atoms with Gasteiger partial charge in [-0.25, -0.2) is 19.2 Å². The van der Waals surface area contributed by atoms with Gasteiger partial charge in [0.25, 0.3) is 0 Å². The molecule has 0 heterocycles. The molecule has 0 aliphatic heterocycles. The number of hydrogen-bond acceptors (Lipinski definition) is 4. The molecule has 0 bridgehead atoms. The molecule has 0 unspecified atom stereocenters. The summed E-state index contributed by atoms with van der Waals surface area (Å²) >= 11 is 9.78. The van der Waals surface area contributed by atoms with Crippen LogP contribution in [0.2, 0.25) is 0 Å². The fourth-order valence-electron chi connectivity index (χ4n) is 0.340. The smallest absolute Gasteiger partial charge is 0.347 e. The van der Waals surface area contributed by atoms with Crippen molar-refractivity contribution < 1.29 is 39.6 Å². The third-order valence-electron chi connectivity index (χ3n) is 0.909. The van der Waals surface area contributed by atoms with Crippen molar-refractivity contribution in [3.05, 3.63) is 22.2 Å². The summed E-state index contributed by atoms with van der Waals surface area (Å²) in [7, 11) is 0. The summed E-state index contributed by atoms with van der Waals surface area (Å²) in [6.45, 7) is 0. The highest BCUT2D eigenvalue weighted by molar-refractivity contribution is 6.42. The molecule has 0 aromatic rings. The second kappa shape index (κ2) is 9.02. The number of hydrogen-bond donors (Lipinski definition) is 4. The molecule has 0 rings (SSSR count). The van der Waals surface area contributed by atoms with E-state index in [1.807, 2.05) is 0 Å². The van der Waals surface area contributed by atoms with Crippen LogP contribution in [0.15, 0.2) is 22.2 Å². The summed E-state index contributed by atoms with van der Waals surface area (Å²) in [5.74, 6) is -5.64. The van der Waals surface area contributed by atoms with E-state index in [0.29, 0.717) is 12.2 Å². The number of halogens is 2. The van der Waals surface area contributed by atoms with E-state index in [0.717, 1.165) is 0 Å². The number of carboxylic acids is 4. The molecule has 10 heteroatoms. The zero-order valence-corrected chi connectivity index (χ0v) is 9.84. The molecule has 0 radical (unpaired) electrons. The number of aliphatic carboxylic acids is 4. The monoisotopic (exact) mass is 300 g/mol. The van der Waals surface area contributed by atoms with Gasteiger partial charge in [0.2, 0.25) is 0 Å². The fourth-order valence-corrected chi connectivity index (χ4v) is 0.527. The lowest BCUT2D eigenvalue weighted by Crippen LogP contribution is -1.97. The maximum absolute atomic E-state index is 9.77. The van der Waals surface area contributed by atoms with Crippen molar-refractivity contribution in [1.82, 2.24) is 0 Å². The van der Waals surface area contributed by atoms with Gasteiger partial charge in [-0.1, -0.05) is 23.2 Å². The highest BCUT2D eigenvalue weighted by Gasteiger charge is 2.04. The van der Waals surface area contributed by atoms with Gasteiger partial charge in [-0.3, -0.25) is 0 Å². The summed E-state index contributed by atoms with van der Waals surface area (Å²) in [5, 5.41) is 30.3. The maximum Gasteiger partial charge on any atom is 0.347 e. The quantitative estimate of drug-likeness (QED) is 0.550. The van der Waals surface area contributed by atoms with Gasteiger partial charge in [-0.2, -0.15) is 0 Å². The van der Waals surface area contributed by atoms with Crippen LogP contribution in [0.3, 0.4) is 0 Å². The SMILES string of the molecule is O=C(O)/C=C(/Cl)C(=O)O.O=C(O)/C=C(/Cl)C(=O)O. The van der Waals surface area contributed by atoms with Gasteiger partial charge in [-0.05, 0) is 0 Å². The van der Waals surface area contributed by atoms with E-state index in [-0.39, 0.29) is 0 Å². The molecule has 0 amide bonds. The molecule has 0 atom stereocenters. The molecule has 0 aromatic carbocycles. The van der Waals surface area contributed by atoms with E-state index in [1.165, 1.54) is 0 Å². The molecule has 0 aliphatic carbocycles. The van der Waals surface area contributed by atoms with Crippen LogP contribution in [0.25, 0.3) is 0 Å². The predicted molar refractivity (Wildman–Crippen MR) is 58.4 cm³/mol. The van der Waals surface area contributed by atoms with Crippen LogP contribution in [0.4, 0.5) is 0 Å². The van der Waals surface area contributed by atoms with Gasteiger partial charge in [0.05, 0.1) is 0 Å². The van der Waals surface area contributed by atoms with Crippen LogP contribution in [-0.4, -0.2) is 44.3 Å². The Morgan fingerprint density at radius 3 is 0.944 bits per heavy atom. The van der Waals surface area contributed by atoms with E-state index in [1.54, 1.807) is 0 Å². The predicted octanol–water partition coefficient (Wildman–Crippen LogP) is 0.557. The lowest BCUT2D eigenvalue weighted by atomic mass is 10.5. The highest BCUT2D eigenvalue weighted by atomic mass is 35.5. The zero-order chi connectivity index (χ0) is 14.9. The molecule has 0 spiro atoms. The van der Waals surface area contributed by atoms with Gasteiger partial charge in [0.1, 0.15) is 10.1 Å². The van der Waals surface area contributed by atoms with Crippen LogP contribution in [0, 0.1) is 0 Å². The van der Waals surface area contributed by atoms with Crippen LogP contribution in [-0.2, 0) is 19.2 Å². The van der Waals surface area contributed by atoms with Crippen molar-refractivity contribution >= 4 is 47.1 Å². The van der Waals surface area contributed by atoms with Crippen molar-refractivity contribution in [1.29, 1.82) is 0 Å². The molecule has 100 valence electrons. The molecular weight excluding hydrogens is 295 g/mol. The lowest BCUT2D eigenvalue weighted by molar-refractivity contribution is -0.134. The van der Waals surface area contributed by atoms with E-state index in [9.17, 15) is 19.2 Å². The minimum Gasteiger partial charge on any atom is -0.478 e. The number of rotatable bonds is 4. The highest BCUT2D eigenvalue weighted by Crippen LogP contribution is 1.99. The second-order valence-electron chi connectivity index (χ2n) is 2.27. The Morgan fingerprint density at radius 1 is 0.667 bits per heavy atom. The van der Waals surface area contributed by atoms with Gasteiger partial charge >= 0.3 is 23.9 Å². The van der Waals surface area contributed by atoms with E-state index in [4.69, 9.17) is 43.6 Å². The summed E-state index contributed by atoms with van der Waals surface area (Å²) in [6.07, 6.45) is 0.813. The Morgan fingerprint density at radius 2 is 0.889 bits per heavy atom. The Bertz CT molecular complexity index is 383. The van der Waals surface area contributed by atoms with Crippen LogP contribution in [0.1, 0.15) is 0 Å². The van der Waals surface area contributed by atoms with Crippen LogP contribution < -0.4 is 0 Å². The summed E-state index contributed by atoms with van der Waals surface area (Å²) in [5.41, 5.74) is 0. The number of carbonyl (C=O) groups is 4. The first-order valence-electron chi connectivity index (χ1n) is 3.74. The summed E-state index contributed by atoms with van der Waals surface area (Å²) in [6, 6.07) is 0. The van der Waals surface area contributed by atoms with E-state index in [2.05, 4.69) is 0 Å². The minimum absolute atomic E-state index is 0.407. The van der Waals surface area contributed by atoms with Crippen molar-refractivity contribution in [2.24, 2.45) is 0 Å². The third-order valence-corrected chi connectivity index (χ3v) is 1.45. The van der Waals surface area contributed by atoms with Gasteiger partial charge in [0.15, 0.2) is 0 Å². The van der Waals surface area contributed by atoms with Crippen LogP contribution in [0.5, 0.6) is 0 Å². The van der Waals surface area contributed by atoms with Crippen molar-refractivity contribution in [2.45, 2.75) is 0 Å². The third kappa shape index (κ3) is 12.0. The zero-order valence-electron chi connectivity index (χ0n) is 8.33. The Kier molecular flexibility index (Phi) is 9.18. The Labute approximate surface area is 109 Å². The maximum atomic E-state index is 9.77. The van der Waals surface area contributed by atoms with Gasteiger partial charge in [-0.15, -0.1) is 0 Å². The number of carboxylic acid groups (broad SMARTS) is 4. The minimum atomic E-state index is -1.45. The fraction of sp³-hybridized carbons (Fsp3) is 0. The van der Waals surface area contributed by atoms with Crippen molar-refractivity contribution in [2.75, 3.05) is 0 Å². The van der Waals surface area contributed by atoms with Crippen molar-refractivity contribution in [3.63, 3.8) is 0 Å². The molecule has 4 N–H and O–H groups in total.